The fraction of sp³-hybridized carbons (Fsp3) is 0.682. The molecule has 2 unspecified atom stereocenters. The van der Waals surface area contributed by atoms with Gasteiger partial charge in [0.15, 0.2) is 6.10 Å². The number of aliphatic hydroxyl groups excluding tert-OH is 2. The van der Waals surface area contributed by atoms with E-state index < -0.39 is 72.3 Å². The molecule has 0 aliphatic heterocycles. The molecule has 0 aliphatic rings. The van der Waals surface area contributed by atoms with E-state index in [0.29, 0.717) is 6.42 Å². The molecule has 346 valence electrons. The average molecular weight is 891 g/mol. The van der Waals surface area contributed by atoms with Gasteiger partial charge in [-0.15, -0.1) is 0 Å². The molecule has 0 aromatic heterocycles. The average Bonchev–Trinajstić information content (AvgIpc) is 3.20. The van der Waals surface area contributed by atoms with Gasteiger partial charge in [0.25, 0.3) is 0 Å². The molecule has 0 fully saturated rings. The van der Waals surface area contributed by atoms with Crippen LogP contribution in [-0.4, -0.2) is 81.6 Å². The summed E-state index contributed by atoms with van der Waals surface area (Å²) in [6.07, 6.45) is 39.3. The largest absolute Gasteiger partial charge is 0.472 e. The molecule has 5 N–H and O–H groups in total. The number of unbranched alkanes of at least 4 members (excludes halogenated alkanes) is 11. The number of phosphoric ester groups is 2. The van der Waals surface area contributed by atoms with Crippen molar-refractivity contribution in [2.45, 2.75) is 167 Å². The lowest BCUT2D eigenvalue weighted by molar-refractivity contribution is -0.161. The minimum Gasteiger partial charge on any atom is -0.462 e. The lowest BCUT2D eigenvalue weighted by Crippen LogP contribution is -2.30. The van der Waals surface area contributed by atoms with E-state index in [1.807, 2.05) is 12.2 Å². The Bertz CT molecular complexity index is 1350. The molecule has 0 rings (SSSR count). The Morgan fingerprint density at radius 3 is 1.68 bits per heavy atom. The van der Waals surface area contributed by atoms with Gasteiger partial charge in [-0.1, -0.05) is 132 Å². The predicted molar refractivity (Wildman–Crippen MR) is 236 cm³/mol. The maximum absolute atomic E-state index is 12.7. The topological polar surface area (TPSA) is 216 Å². The van der Waals surface area contributed by atoms with E-state index in [1.165, 1.54) is 57.8 Å². The van der Waals surface area contributed by atoms with Gasteiger partial charge in [0.05, 0.1) is 25.9 Å². The van der Waals surface area contributed by atoms with E-state index in [1.54, 1.807) is 12.2 Å². The first-order valence-electron chi connectivity index (χ1n) is 21.7. The molecule has 16 heteroatoms. The zero-order chi connectivity index (χ0) is 44.6. The van der Waals surface area contributed by atoms with Crippen LogP contribution >= 0.6 is 15.6 Å². The van der Waals surface area contributed by atoms with Crippen molar-refractivity contribution in [1.29, 1.82) is 0 Å². The summed E-state index contributed by atoms with van der Waals surface area (Å²) in [7, 11) is -9.76. The Hall–Kier alpha value is -2.48. The van der Waals surface area contributed by atoms with Crippen LogP contribution in [-0.2, 0) is 41.8 Å². The van der Waals surface area contributed by atoms with Crippen LogP contribution < -0.4 is 0 Å². The van der Waals surface area contributed by atoms with E-state index in [4.69, 9.17) is 23.8 Å². The molecule has 60 heavy (non-hydrogen) atoms. The summed E-state index contributed by atoms with van der Waals surface area (Å²) in [6, 6.07) is 0. The van der Waals surface area contributed by atoms with Gasteiger partial charge in [-0.25, -0.2) is 9.13 Å². The Labute approximate surface area is 359 Å². The highest BCUT2D eigenvalue weighted by atomic mass is 31.2. The van der Waals surface area contributed by atoms with Gasteiger partial charge in [0, 0.05) is 12.8 Å². The van der Waals surface area contributed by atoms with Crippen LogP contribution in [0, 0.1) is 0 Å². The highest BCUT2D eigenvalue weighted by molar-refractivity contribution is 7.47. The predicted octanol–water partition coefficient (Wildman–Crippen LogP) is 9.98. The molecule has 0 saturated heterocycles. The summed E-state index contributed by atoms with van der Waals surface area (Å²) in [5, 5.41) is 20.0. The number of hydrogen-bond donors (Lipinski definition) is 5. The van der Waals surface area contributed by atoms with Crippen molar-refractivity contribution < 1.29 is 66.7 Å². The van der Waals surface area contributed by atoms with Crippen molar-refractivity contribution in [3.8, 4) is 0 Å². The van der Waals surface area contributed by atoms with E-state index in [9.17, 15) is 33.8 Å². The standard InChI is InChI=1S/C44H76O14P2/c1-3-5-7-9-11-13-15-17-18-20-22-24-26-28-30-34-43(47)54-38-42(39-57-60(52,53)56-37-41(46)36-55-59(49,50)51)58-44(48)35-31-33-40(45)32-29-27-25-23-21-19-16-14-12-10-8-6-4-2/h11,13,17-19,21-22,24-25,27,29,32,40-42,45-46H,3-10,12,14-16,20,23,26,28,30-31,33-39H2,1-2H3,(H,52,53)(H2,49,50,51)/b13-11-,18-17-,21-19+,24-22-,27-25+,32-29+/t40?,41-,42+/m0/s1. The van der Waals surface area contributed by atoms with Crippen LogP contribution in [0.25, 0.3) is 0 Å². The van der Waals surface area contributed by atoms with E-state index in [-0.39, 0.29) is 25.7 Å². The molecule has 0 amide bonds. The zero-order valence-electron chi connectivity index (χ0n) is 36.1. The molecule has 0 heterocycles. The normalized spacial score (nSPS) is 15.2. The fourth-order valence-corrected chi connectivity index (χ4v) is 6.46. The molecule has 4 atom stereocenters. The van der Waals surface area contributed by atoms with Gasteiger partial charge in [-0.3, -0.25) is 23.2 Å². The van der Waals surface area contributed by atoms with Crippen molar-refractivity contribution in [2.75, 3.05) is 26.4 Å². The monoisotopic (exact) mass is 890 g/mol. The first kappa shape index (κ1) is 57.5. The third-order valence-electron chi connectivity index (χ3n) is 8.66. The second-order valence-electron chi connectivity index (χ2n) is 14.5. The molecular formula is C44H76O14P2. The zero-order valence-corrected chi connectivity index (χ0v) is 37.9. The molecule has 0 aromatic rings. The number of aliphatic hydroxyl groups is 2. The lowest BCUT2D eigenvalue weighted by atomic mass is 10.1. The number of phosphoric acid groups is 2. The molecule has 0 radical (unpaired) electrons. The summed E-state index contributed by atoms with van der Waals surface area (Å²) >= 11 is 0. The quantitative estimate of drug-likeness (QED) is 0.0127. The summed E-state index contributed by atoms with van der Waals surface area (Å²) in [5.74, 6) is -1.28. The number of carbonyl (C=O) groups is 2. The maximum Gasteiger partial charge on any atom is 0.472 e. The molecule has 0 saturated carbocycles. The third-order valence-corrected chi connectivity index (χ3v) is 10.1. The van der Waals surface area contributed by atoms with Crippen LogP contribution in [0.2, 0.25) is 0 Å². The van der Waals surface area contributed by atoms with Gasteiger partial charge in [-0.2, -0.15) is 0 Å². The molecule has 14 nitrogen and oxygen atoms in total. The van der Waals surface area contributed by atoms with Gasteiger partial charge < -0.3 is 34.4 Å². The summed E-state index contributed by atoms with van der Waals surface area (Å²) in [5.41, 5.74) is 0. The summed E-state index contributed by atoms with van der Waals surface area (Å²) < 4.78 is 47.5. The van der Waals surface area contributed by atoms with Crippen LogP contribution in [0.15, 0.2) is 72.9 Å². The molecule has 0 aromatic carbocycles. The Kier molecular flexibility index (Phi) is 37.7. The lowest BCUT2D eigenvalue weighted by Gasteiger charge is -2.20. The number of carbonyl (C=O) groups excluding carboxylic acids is 2. The summed E-state index contributed by atoms with van der Waals surface area (Å²) in [6.45, 7) is 1.45. The SMILES string of the molecule is CCCCC/C=C\C/C=C\C/C=C\CCCCC(=O)OC[C@H](COP(=O)(O)OC[C@@H](O)COP(=O)(O)O)OC(=O)CCCC(O)/C=C/C=C/C/C=C/CCCCCCCC. The van der Waals surface area contributed by atoms with Gasteiger partial charge >= 0.3 is 27.6 Å². The van der Waals surface area contributed by atoms with Crippen molar-refractivity contribution in [2.24, 2.45) is 0 Å². The third kappa shape index (κ3) is 42.2. The Morgan fingerprint density at radius 2 is 1.05 bits per heavy atom. The van der Waals surface area contributed by atoms with E-state index in [0.717, 1.165) is 44.9 Å². The second-order valence-corrected chi connectivity index (χ2v) is 17.2. The van der Waals surface area contributed by atoms with Crippen LogP contribution in [0.4, 0.5) is 0 Å². The van der Waals surface area contributed by atoms with E-state index >= 15 is 0 Å². The van der Waals surface area contributed by atoms with E-state index in [2.05, 4.69) is 71.5 Å². The fourth-order valence-electron chi connectivity index (χ4n) is 5.30. The number of rotatable bonds is 40. The number of ether oxygens (including phenoxy) is 2. The van der Waals surface area contributed by atoms with Crippen LogP contribution in [0.3, 0.4) is 0 Å². The molecular weight excluding hydrogens is 814 g/mol. The van der Waals surface area contributed by atoms with Crippen LogP contribution in [0.5, 0.6) is 0 Å². The van der Waals surface area contributed by atoms with Crippen molar-refractivity contribution in [1.82, 2.24) is 0 Å². The molecule has 0 spiro atoms. The van der Waals surface area contributed by atoms with Crippen LogP contribution in [0.1, 0.15) is 149 Å². The van der Waals surface area contributed by atoms with Crippen molar-refractivity contribution in [3.63, 3.8) is 0 Å². The maximum atomic E-state index is 12.7. The highest BCUT2D eigenvalue weighted by Gasteiger charge is 2.28. The minimum atomic E-state index is -4.89. The smallest absolute Gasteiger partial charge is 0.462 e. The summed E-state index contributed by atoms with van der Waals surface area (Å²) in [4.78, 5) is 52.7. The highest BCUT2D eigenvalue weighted by Crippen LogP contribution is 2.43. The molecule has 0 bridgehead atoms. The first-order chi connectivity index (χ1) is 28.8. The number of allylic oxidation sites excluding steroid dienone is 11. The van der Waals surface area contributed by atoms with Gasteiger partial charge in [-0.05, 0) is 77.0 Å². The Balaban J connectivity index is 4.79. The number of hydrogen-bond acceptors (Lipinski definition) is 11. The second kappa shape index (κ2) is 39.4. The van der Waals surface area contributed by atoms with Gasteiger partial charge in [0.2, 0.25) is 0 Å². The minimum absolute atomic E-state index is 0.104. The van der Waals surface area contributed by atoms with Crippen molar-refractivity contribution >= 4 is 27.6 Å². The number of esters is 2. The molecule has 0 aliphatic carbocycles. The van der Waals surface area contributed by atoms with Gasteiger partial charge in [0.1, 0.15) is 12.7 Å². The van der Waals surface area contributed by atoms with Crippen molar-refractivity contribution in [3.05, 3.63) is 72.9 Å². The Morgan fingerprint density at radius 1 is 0.550 bits per heavy atom. The first-order valence-corrected chi connectivity index (χ1v) is 24.8.